The van der Waals surface area contributed by atoms with Crippen LogP contribution in [0.4, 0.5) is 0 Å². The van der Waals surface area contributed by atoms with Crippen molar-refractivity contribution in [3.63, 3.8) is 0 Å². The fourth-order valence-electron chi connectivity index (χ4n) is 3.25. The van der Waals surface area contributed by atoms with Crippen LogP contribution in [0.2, 0.25) is 0 Å². The average molecular weight is 397 g/mol. The maximum absolute atomic E-state index is 12.5. The number of ether oxygens (including phenoxy) is 3. The maximum atomic E-state index is 12.5. The van der Waals surface area contributed by atoms with Crippen LogP contribution in [-0.4, -0.2) is 26.7 Å². The van der Waals surface area contributed by atoms with Crippen LogP contribution in [0.1, 0.15) is 37.6 Å². The van der Waals surface area contributed by atoms with Crippen molar-refractivity contribution in [1.29, 1.82) is 0 Å². The Morgan fingerprint density at radius 1 is 1.10 bits per heavy atom. The van der Waals surface area contributed by atoms with Gasteiger partial charge >= 0.3 is 0 Å². The Labute approximate surface area is 170 Å². The number of para-hydroxylation sites is 1. The molecule has 29 heavy (non-hydrogen) atoms. The minimum absolute atomic E-state index is 0.0622. The molecule has 2 aromatic carbocycles. The van der Waals surface area contributed by atoms with Crippen LogP contribution >= 0.6 is 0 Å². The average Bonchev–Trinajstić information content (AvgIpc) is 3.18. The van der Waals surface area contributed by atoms with Gasteiger partial charge in [0.05, 0.1) is 26.9 Å². The molecule has 0 aliphatic heterocycles. The van der Waals surface area contributed by atoms with Gasteiger partial charge in [-0.2, -0.15) is 0 Å². The van der Waals surface area contributed by atoms with Crippen molar-refractivity contribution in [2.45, 2.75) is 32.7 Å². The zero-order chi connectivity index (χ0) is 20.8. The summed E-state index contributed by atoms with van der Waals surface area (Å²) in [6.45, 7) is 4.40. The molecule has 6 nitrogen and oxygen atoms in total. The predicted octanol–water partition coefficient (Wildman–Crippen LogP) is 4.66. The summed E-state index contributed by atoms with van der Waals surface area (Å²) < 4.78 is 22.2. The highest BCUT2D eigenvalue weighted by Crippen LogP contribution is 2.31. The zero-order valence-electron chi connectivity index (χ0n) is 17.3. The van der Waals surface area contributed by atoms with Gasteiger partial charge in [0.15, 0.2) is 11.3 Å². The van der Waals surface area contributed by atoms with Crippen LogP contribution in [0.15, 0.2) is 46.9 Å². The van der Waals surface area contributed by atoms with Crippen LogP contribution < -0.4 is 19.5 Å². The van der Waals surface area contributed by atoms with Gasteiger partial charge < -0.3 is 23.9 Å². The molecule has 0 aliphatic carbocycles. The molecule has 1 atom stereocenters. The Balaban J connectivity index is 1.65. The second kappa shape index (κ2) is 9.37. The van der Waals surface area contributed by atoms with Crippen LogP contribution in [0.3, 0.4) is 0 Å². The van der Waals surface area contributed by atoms with Crippen molar-refractivity contribution >= 4 is 16.9 Å². The van der Waals surface area contributed by atoms with Gasteiger partial charge in [0, 0.05) is 11.8 Å². The first-order valence-corrected chi connectivity index (χ1v) is 9.71. The van der Waals surface area contributed by atoms with Gasteiger partial charge in [-0.1, -0.05) is 12.1 Å². The number of carbonyl (C=O) groups is 1. The molecule has 1 aromatic heterocycles. The van der Waals surface area contributed by atoms with E-state index in [9.17, 15) is 4.79 Å². The van der Waals surface area contributed by atoms with Crippen molar-refractivity contribution in [1.82, 2.24) is 5.32 Å². The summed E-state index contributed by atoms with van der Waals surface area (Å²) in [6, 6.07) is 13.0. The smallest absolute Gasteiger partial charge is 0.220 e. The topological polar surface area (TPSA) is 69.9 Å². The molecule has 154 valence electrons. The number of benzene rings is 2. The first-order chi connectivity index (χ1) is 14.0. The predicted molar refractivity (Wildman–Crippen MR) is 112 cm³/mol. The molecule has 0 bridgehead atoms. The number of aryl methyl sites for hydroxylation is 1. The van der Waals surface area contributed by atoms with Crippen molar-refractivity contribution < 1.29 is 23.4 Å². The molecule has 1 unspecified atom stereocenters. The van der Waals surface area contributed by atoms with Crippen molar-refractivity contribution in [2.24, 2.45) is 0 Å². The molecule has 0 aliphatic rings. The molecular formula is C23H27NO5. The van der Waals surface area contributed by atoms with E-state index < -0.39 is 0 Å². The zero-order valence-corrected chi connectivity index (χ0v) is 17.3. The highest BCUT2D eigenvalue weighted by molar-refractivity contribution is 5.84. The lowest BCUT2D eigenvalue weighted by atomic mass is 10.1. The molecule has 0 fully saturated rings. The molecule has 6 heteroatoms. The summed E-state index contributed by atoms with van der Waals surface area (Å²) in [5.74, 6) is 2.82. The van der Waals surface area contributed by atoms with Crippen LogP contribution in [0, 0.1) is 0 Å². The van der Waals surface area contributed by atoms with Gasteiger partial charge in [-0.25, -0.2) is 0 Å². The van der Waals surface area contributed by atoms with Gasteiger partial charge in [-0.3, -0.25) is 4.79 Å². The van der Waals surface area contributed by atoms with Crippen molar-refractivity contribution in [3.8, 4) is 17.2 Å². The summed E-state index contributed by atoms with van der Waals surface area (Å²) in [5.41, 5.74) is 1.63. The van der Waals surface area contributed by atoms with Crippen molar-refractivity contribution in [2.75, 3.05) is 20.8 Å². The van der Waals surface area contributed by atoms with Gasteiger partial charge in [0.25, 0.3) is 0 Å². The van der Waals surface area contributed by atoms with Crippen LogP contribution in [0.5, 0.6) is 17.2 Å². The number of nitrogens with one attached hydrogen (secondary N) is 1. The van der Waals surface area contributed by atoms with Gasteiger partial charge in [-0.15, -0.1) is 0 Å². The summed E-state index contributed by atoms with van der Waals surface area (Å²) in [4.78, 5) is 12.5. The van der Waals surface area contributed by atoms with E-state index in [0.29, 0.717) is 36.5 Å². The minimum Gasteiger partial charge on any atom is -0.497 e. The molecule has 0 radical (unpaired) electrons. The van der Waals surface area contributed by atoms with Crippen LogP contribution in [0.25, 0.3) is 11.0 Å². The number of furan rings is 1. The Morgan fingerprint density at radius 3 is 2.66 bits per heavy atom. The number of amides is 1. The fraction of sp³-hybridized carbons (Fsp3) is 0.348. The molecule has 3 aromatic rings. The summed E-state index contributed by atoms with van der Waals surface area (Å²) in [5, 5.41) is 3.95. The minimum atomic E-state index is -0.253. The summed E-state index contributed by atoms with van der Waals surface area (Å²) in [7, 11) is 3.23. The molecule has 3 rings (SSSR count). The van der Waals surface area contributed by atoms with Gasteiger partial charge in [0.1, 0.15) is 17.3 Å². The fourth-order valence-corrected chi connectivity index (χ4v) is 3.25. The Kier molecular flexibility index (Phi) is 6.65. The third-order valence-electron chi connectivity index (χ3n) is 4.74. The quantitative estimate of drug-likeness (QED) is 0.569. The van der Waals surface area contributed by atoms with E-state index >= 15 is 0 Å². The van der Waals surface area contributed by atoms with E-state index in [1.807, 2.05) is 56.3 Å². The Bertz CT molecular complexity index is 979. The number of rotatable bonds is 9. The highest BCUT2D eigenvalue weighted by Gasteiger charge is 2.17. The van der Waals surface area contributed by atoms with E-state index in [1.165, 1.54) is 0 Å². The van der Waals surface area contributed by atoms with E-state index in [4.69, 9.17) is 18.6 Å². The second-order valence-electron chi connectivity index (χ2n) is 6.72. The first kappa shape index (κ1) is 20.6. The second-order valence-corrected chi connectivity index (χ2v) is 6.72. The summed E-state index contributed by atoms with van der Waals surface area (Å²) >= 11 is 0. The molecule has 1 amide bonds. The Morgan fingerprint density at radius 2 is 1.93 bits per heavy atom. The molecule has 0 spiro atoms. The lowest BCUT2D eigenvalue weighted by molar-refractivity contribution is -0.121. The molecule has 1 N–H and O–H groups in total. The lowest BCUT2D eigenvalue weighted by Gasteiger charge is -2.13. The largest absolute Gasteiger partial charge is 0.497 e. The van der Waals surface area contributed by atoms with E-state index in [2.05, 4.69) is 5.32 Å². The standard InChI is InChI=1S/C23H27NO5/c1-5-28-20-8-6-7-17-14-21(29-23(17)20)15(2)24-22(25)12-9-16-13-18(26-3)10-11-19(16)27-4/h6-8,10-11,13-15H,5,9,12H2,1-4H3,(H,24,25). The summed E-state index contributed by atoms with van der Waals surface area (Å²) in [6.07, 6.45) is 0.881. The first-order valence-electron chi connectivity index (χ1n) is 9.71. The lowest BCUT2D eigenvalue weighted by Crippen LogP contribution is -2.26. The molecule has 0 saturated heterocycles. The van der Waals surface area contributed by atoms with Gasteiger partial charge in [0.2, 0.25) is 5.91 Å². The number of carbonyl (C=O) groups excluding carboxylic acids is 1. The third kappa shape index (κ3) is 4.83. The number of methoxy groups -OCH3 is 2. The van der Waals surface area contributed by atoms with E-state index in [-0.39, 0.29) is 11.9 Å². The molecular weight excluding hydrogens is 370 g/mol. The SMILES string of the molecule is CCOc1cccc2cc(C(C)NC(=O)CCc3cc(OC)ccc3OC)oc12. The van der Waals surface area contributed by atoms with Gasteiger partial charge in [-0.05, 0) is 56.2 Å². The van der Waals surface area contributed by atoms with E-state index in [1.54, 1.807) is 14.2 Å². The maximum Gasteiger partial charge on any atom is 0.220 e. The van der Waals surface area contributed by atoms with Crippen LogP contribution in [-0.2, 0) is 11.2 Å². The highest BCUT2D eigenvalue weighted by atomic mass is 16.5. The molecule has 1 heterocycles. The monoisotopic (exact) mass is 397 g/mol. The Hall–Kier alpha value is -3.15. The normalized spacial score (nSPS) is 11.9. The third-order valence-corrected chi connectivity index (χ3v) is 4.74. The molecule has 0 saturated carbocycles. The number of hydrogen-bond donors (Lipinski definition) is 1. The number of hydrogen-bond acceptors (Lipinski definition) is 5. The van der Waals surface area contributed by atoms with Crippen molar-refractivity contribution in [3.05, 3.63) is 53.8 Å². The van der Waals surface area contributed by atoms with E-state index in [0.717, 1.165) is 22.4 Å². The number of fused-ring (bicyclic) bond motifs is 1.